The Bertz CT molecular complexity index is 780. The van der Waals surface area contributed by atoms with Crippen molar-refractivity contribution in [3.63, 3.8) is 0 Å². The minimum absolute atomic E-state index is 0.0269. The number of amides is 2. The molecule has 2 rings (SSSR count). The molecule has 2 amide bonds. The smallest absolute Gasteiger partial charge is 0.308 e. The average molecular weight is 419 g/mol. The van der Waals surface area contributed by atoms with E-state index < -0.39 is 17.9 Å². The third kappa shape index (κ3) is 6.33. The fourth-order valence-electron chi connectivity index (χ4n) is 2.15. The molecule has 0 saturated carbocycles. The van der Waals surface area contributed by atoms with Crippen LogP contribution >= 0.6 is 15.9 Å². The standard InChI is InChI=1S/C19H19BrN2O4/c1-13(21-19(25)14-7-3-2-4-8-14)11-18(24)26-12-17(23)22-16-10-6-5-9-15(16)20/h2-10,13H,11-12H2,1H3,(H,21,25)(H,22,23). The van der Waals surface area contributed by atoms with E-state index in [9.17, 15) is 14.4 Å². The molecule has 0 spiro atoms. The van der Waals surface area contributed by atoms with Gasteiger partial charge in [0.1, 0.15) is 0 Å². The molecular formula is C19H19BrN2O4. The first-order valence-corrected chi connectivity index (χ1v) is 8.81. The van der Waals surface area contributed by atoms with Crippen LogP contribution in [0.3, 0.4) is 0 Å². The van der Waals surface area contributed by atoms with Crippen molar-refractivity contribution in [3.8, 4) is 0 Å². The van der Waals surface area contributed by atoms with Crippen molar-refractivity contribution in [1.29, 1.82) is 0 Å². The van der Waals surface area contributed by atoms with Crippen molar-refractivity contribution < 1.29 is 19.1 Å². The number of anilines is 1. The zero-order chi connectivity index (χ0) is 18.9. The number of para-hydroxylation sites is 1. The van der Waals surface area contributed by atoms with Crippen LogP contribution in [0.5, 0.6) is 0 Å². The van der Waals surface area contributed by atoms with Gasteiger partial charge in [0.2, 0.25) is 0 Å². The second-order valence-corrected chi connectivity index (χ2v) is 6.49. The molecule has 136 valence electrons. The van der Waals surface area contributed by atoms with Gasteiger partial charge in [-0.25, -0.2) is 0 Å². The summed E-state index contributed by atoms with van der Waals surface area (Å²) in [6.07, 6.45) is -0.0269. The fourth-order valence-corrected chi connectivity index (χ4v) is 2.54. The minimum atomic E-state index is -0.562. The molecule has 0 saturated heterocycles. The predicted octanol–water partition coefficient (Wildman–Crippen LogP) is 3.14. The van der Waals surface area contributed by atoms with E-state index in [4.69, 9.17) is 4.74 Å². The maximum absolute atomic E-state index is 12.0. The first-order chi connectivity index (χ1) is 12.5. The Hall–Kier alpha value is -2.67. The van der Waals surface area contributed by atoms with Gasteiger partial charge in [0.15, 0.2) is 6.61 Å². The van der Waals surface area contributed by atoms with E-state index >= 15 is 0 Å². The van der Waals surface area contributed by atoms with Crippen LogP contribution in [0, 0.1) is 0 Å². The van der Waals surface area contributed by atoms with Crippen molar-refractivity contribution in [2.45, 2.75) is 19.4 Å². The molecule has 0 aromatic heterocycles. The van der Waals surface area contributed by atoms with Gasteiger partial charge in [0.05, 0.1) is 12.1 Å². The quantitative estimate of drug-likeness (QED) is 0.676. The van der Waals surface area contributed by atoms with Crippen LogP contribution in [0.15, 0.2) is 59.1 Å². The molecule has 1 atom stereocenters. The number of hydrogen-bond acceptors (Lipinski definition) is 4. The molecule has 6 nitrogen and oxygen atoms in total. The summed E-state index contributed by atoms with van der Waals surface area (Å²) in [6, 6.07) is 15.4. The number of carbonyl (C=O) groups is 3. The molecule has 2 N–H and O–H groups in total. The lowest BCUT2D eigenvalue weighted by Crippen LogP contribution is -2.35. The molecule has 7 heteroatoms. The van der Waals surface area contributed by atoms with Gasteiger partial charge in [-0.15, -0.1) is 0 Å². The molecule has 2 aromatic rings. The van der Waals surface area contributed by atoms with E-state index in [1.807, 2.05) is 12.1 Å². The first kappa shape index (κ1) is 19.7. The number of esters is 1. The van der Waals surface area contributed by atoms with Gasteiger partial charge < -0.3 is 15.4 Å². The van der Waals surface area contributed by atoms with E-state index in [1.165, 1.54) is 0 Å². The molecule has 0 aliphatic rings. The third-order valence-electron chi connectivity index (χ3n) is 3.40. The van der Waals surface area contributed by atoms with Crippen LogP contribution < -0.4 is 10.6 Å². The summed E-state index contributed by atoms with van der Waals surface area (Å²) in [5, 5.41) is 5.36. The monoisotopic (exact) mass is 418 g/mol. The highest BCUT2D eigenvalue weighted by Crippen LogP contribution is 2.20. The number of hydrogen-bond donors (Lipinski definition) is 2. The molecular weight excluding hydrogens is 400 g/mol. The zero-order valence-corrected chi connectivity index (χ0v) is 15.8. The van der Waals surface area contributed by atoms with Gasteiger partial charge in [-0.1, -0.05) is 30.3 Å². The highest BCUT2D eigenvalue weighted by molar-refractivity contribution is 9.10. The summed E-state index contributed by atoms with van der Waals surface area (Å²) in [5.74, 6) is -1.27. The van der Waals surface area contributed by atoms with Crippen molar-refractivity contribution in [2.24, 2.45) is 0 Å². The number of benzene rings is 2. The van der Waals surface area contributed by atoms with Crippen LogP contribution in [-0.4, -0.2) is 30.4 Å². The number of carbonyl (C=O) groups excluding carboxylic acids is 3. The second kappa shape index (κ2) is 9.72. The van der Waals surface area contributed by atoms with Crippen LogP contribution in [0.4, 0.5) is 5.69 Å². The Kier molecular flexibility index (Phi) is 7.35. The lowest BCUT2D eigenvalue weighted by Gasteiger charge is -2.13. The summed E-state index contributed by atoms with van der Waals surface area (Å²) in [6.45, 7) is 1.31. The van der Waals surface area contributed by atoms with Crippen molar-refractivity contribution >= 4 is 39.4 Å². The largest absolute Gasteiger partial charge is 0.455 e. The topological polar surface area (TPSA) is 84.5 Å². The Morgan fingerprint density at radius 1 is 1.04 bits per heavy atom. The van der Waals surface area contributed by atoms with E-state index in [-0.39, 0.29) is 18.9 Å². The SMILES string of the molecule is CC(CC(=O)OCC(=O)Nc1ccccc1Br)NC(=O)c1ccccc1. The van der Waals surface area contributed by atoms with Gasteiger partial charge in [-0.2, -0.15) is 0 Å². The van der Waals surface area contributed by atoms with E-state index in [1.54, 1.807) is 49.4 Å². The predicted molar refractivity (Wildman–Crippen MR) is 102 cm³/mol. The van der Waals surface area contributed by atoms with Crippen LogP contribution in [-0.2, 0) is 14.3 Å². The van der Waals surface area contributed by atoms with Crippen molar-refractivity contribution in [2.75, 3.05) is 11.9 Å². The molecule has 0 radical (unpaired) electrons. The Balaban J connectivity index is 1.73. The Labute approximate surface area is 160 Å². The average Bonchev–Trinajstić information content (AvgIpc) is 2.62. The molecule has 2 aromatic carbocycles. The van der Waals surface area contributed by atoms with Crippen molar-refractivity contribution in [3.05, 3.63) is 64.6 Å². The number of nitrogens with one attached hydrogen (secondary N) is 2. The summed E-state index contributed by atoms with van der Waals surface area (Å²) in [4.78, 5) is 35.7. The van der Waals surface area contributed by atoms with Gasteiger partial charge in [0.25, 0.3) is 11.8 Å². The van der Waals surface area contributed by atoms with Crippen molar-refractivity contribution in [1.82, 2.24) is 5.32 Å². The molecule has 0 aliphatic heterocycles. The highest BCUT2D eigenvalue weighted by Gasteiger charge is 2.15. The lowest BCUT2D eigenvalue weighted by molar-refractivity contribution is -0.147. The zero-order valence-electron chi connectivity index (χ0n) is 14.2. The summed E-state index contributed by atoms with van der Waals surface area (Å²) < 4.78 is 5.69. The summed E-state index contributed by atoms with van der Waals surface area (Å²) >= 11 is 3.32. The highest BCUT2D eigenvalue weighted by atomic mass is 79.9. The molecule has 0 bridgehead atoms. The van der Waals surface area contributed by atoms with Gasteiger partial charge >= 0.3 is 5.97 Å². The molecule has 0 heterocycles. The van der Waals surface area contributed by atoms with Crippen LogP contribution in [0.1, 0.15) is 23.7 Å². The minimum Gasteiger partial charge on any atom is -0.455 e. The number of halogens is 1. The normalized spacial score (nSPS) is 11.3. The van der Waals surface area contributed by atoms with E-state index in [2.05, 4.69) is 26.6 Å². The number of ether oxygens (including phenoxy) is 1. The maximum atomic E-state index is 12.0. The van der Waals surface area contributed by atoms with Gasteiger partial charge in [0, 0.05) is 16.1 Å². The van der Waals surface area contributed by atoms with Crippen LogP contribution in [0.2, 0.25) is 0 Å². The molecule has 0 aliphatic carbocycles. The van der Waals surface area contributed by atoms with E-state index in [0.29, 0.717) is 11.3 Å². The first-order valence-electron chi connectivity index (χ1n) is 8.01. The number of rotatable bonds is 7. The molecule has 26 heavy (non-hydrogen) atoms. The van der Waals surface area contributed by atoms with Gasteiger partial charge in [-0.3, -0.25) is 14.4 Å². The second-order valence-electron chi connectivity index (χ2n) is 5.63. The molecule has 0 fully saturated rings. The maximum Gasteiger partial charge on any atom is 0.308 e. The third-order valence-corrected chi connectivity index (χ3v) is 4.09. The molecule has 1 unspecified atom stereocenters. The van der Waals surface area contributed by atoms with Gasteiger partial charge in [-0.05, 0) is 47.1 Å². The Morgan fingerprint density at radius 3 is 2.38 bits per heavy atom. The van der Waals surface area contributed by atoms with Crippen LogP contribution in [0.25, 0.3) is 0 Å². The lowest BCUT2D eigenvalue weighted by atomic mass is 10.2. The summed E-state index contributed by atoms with van der Waals surface area (Å²) in [7, 11) is 0. The Morgan fingerprint density at radius 2 is 1.69 bits per heavy atom. The fraction of sp³-hybridized carbons (Fsp3) is 0.211. The van der Waals surface area contributed by atoms with E-state index in [0.717, 1.165) is 4.47 Å². The summed E-state index contributed by atoms with van der Waals surface area (Å²) in [5.41, 5.74) is 1.11.